The number of carbonyl (C=O) groups excluding carboxylic acids is 2. The van der Waals surface area contributed by atoms with Crippen LogP contribution in [0.2, 0.25) is 0 Å². The molecule has 2 N–H and O–H groups in total. The quantitative estimate of drug-likeness (QED) is 0.209. The Morgan fingerprint density at radius 3 is 2.28 bits per heavy atom. The summed E-state index contributed by atoms with van der Waals surface area (Å²) in [6.45, 7) is 0. The molecule has 1 aliphatic rings. The number of para-hydroxylation sites is 1. The van der Waals surface area contributed by atoms with Gasteiger partial charge in [-0.05, 0) is 72.9 Å². The zero-order valence-corrected chi connectivity index (χ0v) is 24.8. The van der Waals surface area contributed by atoms with Gasteiger partial charge in [-0.2, -0.15) is 0 Å². The molecule has 2 amide bonds. The van der Waals surface area contributed by atoms with Crippen molar-refractivity contribution < 1.29 is 28.2 Å². The molecule has 9 heteroatoms. The van der Waals surface area contributed by atoms with Crippen LogP contribution in [0.15, 0.2) is 66.9 Å². The third-order valence-corrected chi connectivity index (χ3v) is 8.12. The molecular formula is C34H38FN3O5. The van der Waals surface area contributed by atoms with Crippen molar-refractivity contribution in [3.63, 3.8) is 0 Å². The lowest BCUT2D eigenvalue weighted by atomic mass is 9.94. The van der Waals surface area contributed by atoms with Gasteiger partial charge in [0, 0.05) is 35.2 Å². The Bertz CT molecular complexity index is 1540. The number of fused-ring (bicyclic) bond motifs is 1. The van der Waals surface area contributed by atoms with Crippen molar-refractivity contribution in [3.05, 3.63) is 83.8 Å². The molecule has 8 nitrogen and oxygen atoms in total. The fraction of sp³-hybridized carbons (Fsp3) is 0.353. The van der Waals surface area contributed by atoms with Crippen LogP contribution in [0.1, 0.15) is 55.7 Å². The summed E-state index contributed by atoms with van der Waals surface area (Å²) >= 11 is 0. The summed E-state index contributed by atoms with van der Waals surface area (Å²) in [5.74, 6) is 0.0423. The molecule has 0 aliphatic heterocycles. The van der Waals surface area contributed by atoms with Crippen LogP contribution < -0.4 is 24.4 Å². The number of nitrogens with one attached hydrogen (secondary N) is 2. The molecule has 1 aliphatic carbocycles. The maximum Gasteiger partial charge on any atom is 0.248 e. The molecule has 1 fully saturated rings. The minimum atomic E-state index is -1.09. The normalized spacial score (nSPS) is 14.2. The fourth-order valence-corrected chi connectivity index (χ4v) is 5.94. The molecule has 3 aromatic carbocycles. The maximum absolute atomic E-state index is 14.3. The number of aromatic amines is 1. The van der Waals surface area contributed by atoms with Gasteiger partial charge in [0.15, 0.2) is 11.5 Å². The van der Waals surface area contributed by atoms with Gasteiger partial charge in [0.1, 0.15) is 11.9 Å². The number of nitrogens with zero attached hydrogens (tertiary/aromatic N) is 1. The predicted molar refractivity (Wildman–Crippen MR) is 164 cm³/mol. The van der Waals surface area contributed by atoms with E-state index < -0.39 is 11.9 Å². The first-order chi connectivity index (χ1) is 20.9. The molecule has 1 atom stereocenters. The predicted octanol–water partition coefficient (Wildman–Crippen LogP) is 6.49. The van der Waals surface area contributed by atoms with Crippen LogP contribution in [-0.4, -0.2) is 44.2 Å². The second-order valence-electron chi connectivity index (χ2n) is 10.8. The molecule has 0 bridgehead atoms. The van der Waals surface area contributed by atoms with Gasteiger partial charge in [0.05, 0.1) is 21.3 Å². The first-order valence-electron chi connectivity index (χ1n) is 14.7. The van der Waals surface area contributed by atoms with Gasteiger partial charge in [-0.25, -0.2) is 4.39 Å². The number of aromatic nitrogens is 1. The summed E-state index contributed by atoms with van der Waals surface area (Å²) in [7, 11) is 4.51. The van der Waals surface area contributed by atoms with Crippen LogP contribution >= 0.6 is 0 Å². The molecule has 0 spiro atoms. The van der Waals surface area contributed by atoms with Crippen molar-refractivity contribution in [1.82, 2.24) is 10.3 Å². The highest BCUT2D eigenvalue weighted by Crippen LogP contribution is 2.42. The molecule has 0 saturated heterocycles. The number of H-pyrrole nitrogens is 1. The van der Waals surface area contributed by atoms with Crippen molar-refractivity contribution in [3.8, 4) is 17.2 Å². The number of anilines is 1. The number of benzene rings is 3. The Morgan fingerprint density at radius 1 is 0.953 bits per heavy atom. The van der Waals surface area contributed by atoms with E-state index in [4.69, 9.17) is 14.2 Å². The van der Waals surface area contributed by atoms with Gasteiger partial charge in [-0.3, -0.25) is 14.5 Å². The highest BCUT2D eigenvalue weighted by Gasteiger charge is 2.35. The number of halogens is 1. The molecule has 0 unspecified atom stereocenters. The van der Waals surface area contributed by atoms with E-state index in [1.807, 2.05) is 30.5 Å². The molecule has 43 heavy (non-hydrogen) atoms. The number of hydrogen-bond acceptors (Lipinski definition) is 5. The third-order valence-electron chi connectivity index (χ3n) is 8.12. The summed E-state index contributed by atoms with van der Waals surface area (Å²) in [6, 6.07) is 15.8. The number of methoxy groups -OCH3 is 3. The minimum absolute atomic E-state index is 0.00202. The van der Waals surface area contributed by atoms with E-state index in [1.165, 1.54) is 50.5 Å². The molecule has 1 saturated carbocycles. The Hall–Kier alpha value is -4.53. The second kappa shape index (κ2) is 13.6. The summed E-state index contributed by atoms with van der Waals surface area (Å²) in [6.07, 6.45) is 7.43. The van der Waals surface area contributed by atoms with Crippen molar-refractivity contribution in [2.45, 2.75) is 57.0 Å². The summed E-state index contributed by atoms with van der Waals surface area (Å²) in [4.78, 5) is 33.2. The molecule has 0 radical (unpaired) electrons. The second-order valence-corrected chi connectivity index (χ2v) is 10.8. The lowest BCUT2D eigenvalue weighted by molar-refractivity contribution is -0.127. The molecule has 5 rings (SSSR count). The van der Waals surface area contributed by atoms with Crippen molar-refractivity contribution >= 4 is 28.4 Å². The van der Waals surface area contributed by atoms with Gasteiger partial charge in [0.2, 0.25) is 17.6 Å². The lowest BCUT2D eigenvalue weighted by Crippen LogP contribution is -2.47. The van der Waals surface area contributed by atoms with E-state index in [1.54, 1.807) is 12.1 Å². The number of hydrogen-bond donors (Lipinski definition) is 2. The first-order valence-corrected chi connectivity index (χ1v) is 14.7. The first kappa shape index (κ1) is 29.9. The monoisotopic (exact) mass is 587 g/mol. The standard InChI is InChI=1S/C34H38FN3O5/c1-41-29-19-23(20-30(42-2)33(29)43-3)32(34(40)37-25-9-5-4-6-10-25)38(26-16-14-24(35)15-17-26)31(39)18-13-22-21-36-28-12-8-7-11-27(22)28/h7-8,11-12,14-17,19-21,25,32,36H,4-6,9-10,13,18H2,1-3H3,(H,37,40)/t32-/m1/s1. The molecule has 1 heterocycles. The zero-order chi connectivity index (χ0) is 30.3. The van der Waals surface area contributed by atoms with Crippen molar-refractivity contribution in [2.75, 3.05) is 26.2 Å². The number of amides is 2. The van der Waals surface area contributed by atoms with Crippen LogP contribution in [0.25, 0.3) is 10.9 Å². The van der Waals surface area contributed by atoms with E-state index in [9.17, 15) is 14.0 Å². The molecule has 226 valence electrons. The van der Waals surface area contributed by atoms with Gasteiger partial charge in [-0.15, -0.1) is 0 Å². The van der Waals surface area contributed by atoms with E-state index >= 15 is 0 Å². The summed E-state index contributed by atoms with van der Waals surface area (Å²) in [5.41, 5.74) is 2.87. The fourth-order valence-electron chi connectivity index (χ4n) is 5.94. The maximum atomic E-state index is 14.3. The van der Waals surface area contributed by atoms with E-state index in [-0.39, 0.29) is 24.3 Å². The van der Waals surface area contributed by atoms with Gasteiger partial charge < -0.3 is 24.5 Å². The lowest BCUT2D eigenvalue weighted by Gasteiger charge is -2.34. The number of rotatable bonds is 11. The van der Waals surface area contributed by atoms with Gasteiger partial charge in [0.25, 0.3) is 0 Å². The third kappa shape index (κ3) is 6.61. The zero-order valence-electron chi connectivity index (χ0n) is 24.8. The summed E-state index contributed by atoms with van der Waals surface area (Å²) in [5, 5.41) is 4.25. The highest BCUT2D eigenvalue weighted by atomic mass is 19.1. The Kier molecular flexibility index (Phi) is 9.49. The number of carbonyl (C=O) groups is 2. The summed E-state index contributed by atoms with van der Waals surface area (Å²) < 4.78 is 30.8. The SMILES string of the molecule is COc1cc([C@H](C(=O)NC2CCCCC2)N(C(=O)CCc2c[nH]c3ccccc23)c2ccc(F)cc2)cc(OC)c1OC. The van der Waals surface area contributed by atoms with Crippen LogP contribution in [0.3, 0.4) is 0 Å². The highest BCUT2D eigenvalue weighted by molar-refractivity contribution is 6.02. The van der Waals surface area contributed by atoms with E-state index in [2.05, 4.69) is 10.3 Å². The van der Waals surface area contributed by atoms with Crippen LogP contribution in [0, 0.1) is 5.82 Å². The minimum Gasteiger partial charge on any atom is -0.493 e. The van der Waals surface area contributed by atoms with Crippen molar-refractivity contribution in [2.24, 2.45) is 0 Å². The molecule has 1 aromatic heterocycles. The Labute approximate surface area is 251 Å². The van der Waals surface area contributed by atoms with Gasteiger partial charge >= 0.3 is 0 Å². The topological polar surface area (TPSA) is 92.9 Å². The van der Waals surface area contributed by atoms with Gasteiger partial charge in [-0.1, -0.05) is 37.5 Å². The van der Waals surface area contributed by atoms with E-state index in [0.717, 1.165) is 48.6 Å². The van der Waals surface area contributed by atoms with Crippen LogP contribution in [0.4, 0.5) is 10.1 Å². The molecular weight excluding hydrogens is 549 g/mol. The average Bonchev–Trinajstić information content (AvgIpc) is 3.45. The van der Waals surface area contributed by atoms with E-state index in [0.29, 0.717) is 34.9 Å². The smallest absolute Gasteiger partial charge is 0.248 e. The Balaban J connectivity index is 1.58. The Morgan fingerprint density at radius 2 is 1.63 bits per heavy atom. The van der Waals surface area contributed by atoms with Crippen LogP contribution in [-0.2, 0) is 16.0 Å². The number of aryl methyl sites for hydroxylation is 1. The average molecular weight is 588 g/mol. The number of ether oxygens (including phenoxy) is 3. The van der Waals surface area contributed by atoms with Crippen LogP contribution in [0.5, 0.6) is 17.2 Å². The largest absolute Gasteiger partial charge is 0.493 e. The van der Waals surface area contributed by atoms with Crippen molar-refractivity contribution in [1.29, 1.82) is 0 Å². The molecule has 4 aromatic rings.